The number of amidine groups is 1. The minimum absolute atomic E-state index is 0.0312. The molecule has 0 bridgehead atoms. The normalized spacial score (nSPS) is 24.1. The number of fused-ring (bicyclic) bond motifs is 1. The van der Waals surface area contributed by atoms with Crippen molar-refractivity contribution in [2.24, 2.45) is 4.99 Å². The molecule has 3 atom stereocenters. The zero-order chi connectivity index (χ0) is 18.2. The number of pyridine rings is 2. The molecule has 6 heteroatoms. The topological polar surface area (TPSA) is 46.3 Å². The summed E-state index contributed by atoms with van der Waals surface area (Å²) in [4.78, 5) is 16.4. The van der Waals surface area contributed by atoms with Crippen molar-refractivity contribution in [2.45, 2.75) is 30.8 Å². The van der Waals surface area contributed by atoms with Crippen LogP contribution in [-0.2, 0) is 6.54 Å². The number of aromatic nitrogens is 3. The summed E-state index contributed by atoms with van der Waals surface area (Å²) in [7, 11) is 0. The van der Waals surface area contributed by atoms with Crippen LogP contribution in [-0.4, -0.2) is 36.4 Å². The molecule has 5 heterocycles. The second-order valence-electron chi connectivity index (χ2n) is 7.06. The third kappa shape index (κ3) is 3.04. The Morgan fingerprint density at radius 2 is 2.07 bits per heavy atom. The van der Waals surface area contributed by atoms with Crippen molar-refractivity contribution < 1.29 is 0 Å². The first-order valence-electron chi connectivity index (χ1n) is 9.25. The second-order valence-corrected chi connectivity index (χ2v) is 8.46. The summed E-state index contributed by atoms with van der Waals surface area (Å²) in [5.74, 6) is 0. The molecule has 0 spiro atoms. The molecule has 0 radical (unpaired) electrons. The molecule has 27 heavy (non-hydrogen) atoms. The van der Waals surface area contributed by atoms with E-state index in [0.29, 0.717) is 5.25 Å². The van der Waals surface area contributed by atoms with Gasteiger partial charge in [-0.3, -0.25) is 15.0 Å². The van der Waals surface area contributed by atoms with Crippen LogP contribution >= 0.6 is 11.8 Å². The first-order valence-corrected chi connectivity index (χ1v) is 10.1. The molecule has 0 N–H and O–H groups in total. The summed E-state index contributed by atoms with van der Waals surface area (Å²) in [6.07, 6.45) is 7.77. The zero-order valence-corrected chi connectivity index (χ0v) is 16.0. The predicted molar refractivity (Wildman–Crippen MR) is 109 cm³/mol. The van der Waals surface area contributed by atoms with Gasteiger partial charge in [0.2, 0.25) is 0 Å². The Bertz CT molecular complexity index is 953. The largest absolute Gasteiger partial charge is 0.345 e. The van der Waals surface area contributed by atoms with Gasteiger partial charge < -0.3 is 9.47 Å². The summed E-state index contributed by atoms with van der Waals surface area (Å²) in [5.41, 5.74) is 3.52. The van der Waals surface area contributed by atoms with Crippen molar-refractivity contribution in [1.82, 2.24) is 19.4 Å². The number of thioether (sulfide) groups is 1. The number of rotatable bonds is 4. The van der Waals surface area contributed by atoms with E-state index in [-0.39, 0.29) is 12.1 Å². The Morgan fingerprint density at radius 3 is 2.89 bits per heavy atom. The van der Waals surface area contributed by atoms with Gasteiger partial charge in [0.05, 0.1) is 11.7 Å². The van der Waals surface area contributed by atoms with E-state index in [1.54, 1.807) is 0 Å². The molecule has 3 aromatic rings. The highest BCUT2D eigenvalue weighted by molar-refractivity contribution is 8.14. The maximum atomic E-state index is 5.07. The number of hydrogen-bond donors (Lipinski definition) is 0. The van der Waals surface area contributed by atoms with Gasteiger partial charge in [0, 0.05) is 48.8 Å². The second kappa shape index (κ2) is 6.85. The molecule has 5 rings (SSSR count). The molecule has 0 aliphatic carbocycles. The number of aliphatic imine (C=N–C) groups is 1. The molecular weight excluding hydrogens is 354 g/mol. The van der Waals surface area contributed by atoms with Gasteiger partial charge in [0.1, 0.15) is 6.04 Å². The van der Waals surface area contributed by atoms with Crippen molar-refractivity contribution in [2.75, 3.05) is 6.54 Å². The Hall–Kier alpha value is -2.60. The van der Waals surface area contributed by atoms with Crippen LogP contribution < -0.4 is 0 Å². The first-order chi connectivity index (χ1) is 13.3. The predicted octanol–water partition coefficient (Wildman–Crippen LogP) is 3.92. The Labute approximate surface area is 163 Å². The quantitative estimate of drug-likeness (QED) is 0.693. The maximum Gasteiger partial charge on any atom is 0.160 e. The fourth-order valence-electron chi connectivity index (χ4n) is 3.97. The molecule has 0 unspecified atom stereocenters. The van der Waals surface area contributed by atoms with Crippen LogP contribution in [0.2, 0.25) is 0 Å². The van der Waals surface area contributed by atoms with Crippen molar-refractivity contribution in [3.8, 4) is 0 Å². The molecule has 2 aliphatic rings. The molecule has 5 nitrogen and oxygen atoms in total. The average Bonchev–Trinajstić information content (AvgIpc) is 3.37. The molecule has 0 aromatic carbocycles. The highest BCUT2D eigenvalue weighted by Gasteiger charge is 2.44. The van der Waals surface area contributed by atoms with E-state index in [1.165, 1.54) is 11.3 Å². The van der Waals surface area contributed by atoms with E-state index < -0.39 is 0 Å². The van der Waals surface area contributed by atoms with Crippen LogP contribution in [0.15, 0.2) is 72.2 Å². The highest BCUT2D eigenvalue weighted by Crippen LogP contribution is 2.47. The van der Waals surface area contributed by atoms with E-state index in [1.807, 2.05) is 48.6 Å². The third-order valence-electron chi connectivity index (χ3n) is 5.12. The monoisotopic (exact) mass is 375 g/mol. The van der Waals surface area contributed by atoms with Gasteiger partial charge in [-0.05, 0) is 35.9 Å². The van der Waals surface area contributed by atoms with Crippen LogP contribution in [0.4, 0.5) is 0 Å². The minimum atomic E-state index is 0.0312. The van der Waals surface area contributed by atoms with Gasteiger partial charge in [-0.1, -0.05) is 30.8 Å². The van der Waals surface area contributed by atoms with Gasteiger partial charge in [0.25, 0.3) is 0 Å². The maximum absolute atomic E-state index is 5.07. The molecule has 2 aliphatic heterocycles. The van der Waals surface area contributed by atoms with Crippen molar-refractivity contribution in [3.63, 3.8) is 0 Å². The zero-order valence-electron chi connectivity index (χ0n) is 15.1. The van der Waals surface area contributed by atoms with Crippen LogP contribution in [0.1, 0.15) is 36.0 Å². The smallest absolute Gasteiger partial charge is 0.160 e. The molecular formula is C21H21N5S. The average molecular weight is 376 g/mol. The van der Waals surface area contributed by atoms with Crippen LogP contribution in [0, 0.1) is 0 Å². The lowest BCUT2D eigenvalue weighted by Crippen LogP contribution is -2.30. The fraction of sp³-hybridized carbons (Fsp3) is 0.286. The molecule has 1 saturated heterocycles. The summed E-state index contributed by atoms with van der Waals surface area (Å²) < 4.78 is 2.32. The van der Waals surface area contributed by atoms with E-state index >= 15 is 0 Å². The lowest BCUT2D eigenvalue weighted by molar-refractivity contribution is 0.308. The standard InChI is InChI=1S/C21H21N5S/c1-15-13-26-20(19(24-21(26)27-15)17-7-2-3-10-23-17)18-8-5-11-25(18)14-16-6-4-9-22-12-16/h2-12,15,19-20H,13-14H2,1H3/t15-,19-,20+/m1/s1. The van der Waals surface area contributed by atoms with E-state index in [0.717, 1.165) is 24.0 Å². The van der Waals surface area contributed by atoms with E-state index in [9.17, 15) is 0 Å². The van der Waals surface area contributed by atoms with E-state index in [2.05, 4.69) is 56.8 Å². The molecule has 136 valence electrons. The Balaban J connectivity index is 1.53. The minimum Gasteiger partial charge on any atom is -0.345 e. The number of nitrogens with zero attached hydrogens (tertiary/aromatic N) is 5. The van der Waals surface area contributed by atoms with E-state index in [4.69, 9.17) is 4.99 Å². The van der Waals surface area contributed by atoms with Crippen molar-refractivity contribution in [1.29, 1.82) is 0 Å². The summed E-state index contributed by atoms with van der Waals surface area (Å²) in [5, 5.41) is 1.72. The van der Waals surface area contributed by atoms with Crippen LogP contribution in [0.3, 0.4) is 0 Å². The molecule has 0 amide bonds. The highest BCUT2D eigenvalue weighted by atomic mass is 32.2. The molecule has 0 saturated carbocycles. The first kappa shape index (κ1) is 16.6. The van der Waals surface area contributed by atoms with Gasteiger partial charge in [-0.15, -0.1) is 0 Å². The Kier molecular flexibility index (Phi) is 4.20. The number of hydrogen-bond acceptors (Lipinski definition) is 5. The van der Waals surface area contributed by atoms with Crippen LogP contribution in [0.5, 0.6) is 0 Å². The van der Waals surface area contributed by atoms with Gasteiger partial charge >= 0.3 is 0 Å². The van der Waals surface area contributed by atoms with Crippen molar-refractivity contribution in [3.05, 3.63) is 84.2 Å². The lowest BCUT2D eigenvalue weighted by atomic mass is 10.0. The van der Waals surface area contributed by atoms with Crippen molar-refractivity contribution >= 4 is 16.9 Å². The van der Waals surface area contributed by atoms with Crippen LogP contribution in [0.25, 0.3) is 0 Å². The third-order valence-corrected chi connectivity index (χ3v) is 6.23. The van der Waals surface area contributed by atoms with Gasteiger partial charge in [-0.25, -0.2) is 0 Å². The molecule has 1 fully saturated rings. The summed E-state index contributed by atoms with van der Waals surface area (Å²) >= 11 is 1.87. The summed E-state index contributed by atoms with van der Waals surface area (Å²) in [6, 6.07) is 14.8. The molecule has 3 aromatic heterocycles. The fourth-order valence-corrected chi connectivity index (χ4v) is 5.06. The van der Waals surface area contributed by atoms with Gasteiger partial charge in [-0.2, -0.15) is 0 Å². The lowest BCUT2D eigenvalue weighted by Gasteiger charge is -2.28. The Morgan fingerprint density at radius 1 is 1.11 bits per heavy atom. The summed E-state index contributed by atoms with van der Waals surface area (Å²) in [6.45, 7) is 4.11. The SMILES string of the molecule is C[C@@H]1CN2C(=N[C@H](c3ccccn3)[C@@H]2c2cccn2Cc2cccnc2)S1. The van der Waals surface area contributed by atoms with Gasteiger partial charge in [0.15, 0.2) is 5.17 Å².